The highest BCUT2D eigenvalue weighted by atomic mass is 35.5. The van der Waals surface area contributed by atoms with E-state index in [0.29, 0.717) is 11.5 Å². The molecule has 1 N–H and O–H groups in total. The number of nitro groups is 1. The van der Waals surface area contributed by atoms with E-state index in [9.17, 15) is 14.9 Å². The van der Waals surface area contributed by atoms with Gasteiger partial charge in [-0.15, -0.1) is 0 Å². The van der Waals surface area contributed by atoms with E-state index in [0.717, 1.165) is 0 Å². The Morgan fingerprint density at radius 1 is 1.26 bits per heavy atom. The van der Waals surface area contributed by atoms with Crippen LogP contribution in [0.15, 0.2) is 42.5 Å². The van der Waals surface area contributed by atoms with Crippen LogP contribution in [0.25, 0.3) is 0 Å². The Morgan fingerprint density at radius 2 is 2.00 bits per heavy atom. The van der Waals surface area contributed by atoms with Gasteiger partial charge in [0.2, 0.25) is 6.10 Å². The van der Waals surface area contributed by atoms with Gasteiger partial charge in [0.1, 0.15) is 6.61 Å². The minimum atomic E-state index is -0.875. The molecule has 1 aliphatic rings. The van der Waals surface area contributed by atoms with Gasteiger partial charge in [-0.3, -0.25) is 14.9 Å². The quantitative estimate of drug-likeness (QED) is 0.688. The fourth-order valence-electron chi connectivity index (χ4n) is 2.08. The van der Waals surface area contributed by atoms with Gasteiger partial charge in [0.15, 0.2) is 11.5 Å². The fourth-order valence-corrected chi connectivity index (χ4v) is 2.25. The van der Waals surface area contributed by atoms with Gasteiger partial charge in [-0.25, -0.2) is 0 Å². The number of benzene rings is 2. The Bertz CT molecular complexity index is 780. The molecule has 2 aromatic carbocycles. The molecule has 1 aliphatic heterocycles. The van der Waals surface area contributed by atoms with Gasteiger partial charge in [0.05, 0.1) is 15.6 Å². The van der Waals surface area contributed by atoms with Crippen molar-refractivity contribution in [2.24, 2.45) is 0 Å². The number of halogens is 1. The molecule has 0 unspecified atom stereocenters. The number of hydrogen-bond donors (Lipinski definition) is 1. The van der Waals surface area contributed by atoms with Crippen LogP contribution in [0.3, 0.4) is 0 Å². The number of nitro benzene ring substituents is 1. The van der Waals surface area contributed by atoms with E-state index >= 15 is 0 Å². The van der Waals surface area contributed by atoms with E-state index < -0.39 is 16.9 Å². The summed E-state index contributed by atoms with van der Waals surface area (Å²) in [6, 6.07) is 10.8. The second-order valence-electron chi connectivity index (χ2n) is 4.77. The molecule has 0 saturated carbocycles. The molecule has 0 fully saturated rings. The summed E-state index contributed by atoms with van der Waals surface area (Å²) in [4.78, 5) is 22.5. The van der Waals surface area contributed by atoms with E-state index in [1.165, 1.54) is 18.2 Å². The fraction of sp³-hybridized carbons (Fsp3) is 0.133. The summed E-state index contributed by atoms with van der Waals surface area (Å²) in [6.45, 7) is 0.0371. The van der Waals surface area contributed by atoms with Gasteiger partial charge in [-0.2, -0.15) is 0 Å². The zero-order valence-corrected chi connectivity index (χ0v) is 12.4. The lowest BCUT2D eigenvalue weighted by Crippen LogP contribution is -2.40. The number of ether oxygens (including phenoxy) is 2. The van der Waals surface area contributed by atoms with Crippen LogP contribution in [0.1, 0.15) is 0 Å². The average molecular weight is 335 g/mol. The van der Waals surface area contributed by atoms with Crippen molar-refractivity contribution in [3.05, 3.63) is 57.6 Å². The molecule has 1 atom stereocenters. The molecule has 0 bridgehead atoms. The van der Waals surface area contributed by atoms with Crippen molar-refractivity contribution < 1.29 is 19.2 Å². The maximum absolute atomic E-state index is 12.3. The second kappa shape index (κ2) is 6.13. The monoisotopic (exact) mass is 334 g/mol. The first kappa shape index (κ1) is 15.1. The molecule has 0 radical (unpaired) electrons. The normalized spacial score (nSPS) is 15.8. The second-order valence-corrected chi connectivity index (χ2v) is 5.18. The van der Waals surface area contributed by atoms with E-state index in [1.807, 2.05) is 0 Å². The number of para-hydroxylation sites is 2. The van der Waals surface area contributed by atoms with Crippen molar-refractivity contribution in [1.29, 1.82) is 0 Å². The van der Waals surface area contributed by atoms with Gasteiger partial charge in [-0.05, 0) is 18.2 Å². The van der Waals surface area contributed by atoms with Gasteiger partial charge in [-0.1, -0.05) is 23.7 Å². The van der Waals surface area contributed by atoms with Gasteiger partial charge < -0.3 is 14.8 Å². The van der Waals surface area contributed by atoms with Gasteiger partial charge >= 0.3 is 0 Å². The Hall–Kier alpha value is -2.80. The minimum absolute atomic E-state index is 0.0371. The molecule has 7 nitrogen and oxygen atoms in total. The van der Waals surface area contributed by atoms with Crippen molar-refractivity contribution in [2.75, 3.05) is 11.9 Å². The third kappa shape index (κ3) is 3.19. The Kier molecular flexibility index (Phi) is 4.03. The first-order chi connectivity index (χ1) is 11.0. The summed E-state index contributed by atoms with van der Waals surface area (Å²) in [6.07, 6.45) is -0.875. The number of carbonyl (C=O) groups excluding carboxylic acids is 1. The summed E-state index contributed by atoms with van der Waals surface area (Å²) < 4.78 is 11.0. The van der Waals surface area contributed by atoms with E-state index in [1.54, 1.807) is 24.3 Å². The number of nitrogens with zero attached hydrogens (tertiary/aromatic N) is 1. The zero-order chi connectivity index (χ0) is 16.4. The molecule has 2 aromatic rings. The third-order valence-corrected chi connectivity index (χ3v) is 3.55. The maximum atomic E-state index is 12.3. The first-order valence-electron chi connectivity index (χ1n) is 6.68. The third-order valence-electron chi connectivity index (χ3n) is 3.22. The van der Waals surface area contributed by atoms with Crippen LogP contribution in [-0.2, 0) is 4.79 Å². The van der Waals surface area contributed by atoms with Crippen LogP contribution in [-0.4, -0.2) is 23.5 Å². The number of carbonyl (C=O) groups is 1. The summed E-state index contributed by atoms with van der Waals surface area (Å²) in [5.41, 5.74) is -0.0239. The standard InChI is InChI=1S/C15H11ClN2O5/c16-10-6-5-9(18(20)21)7-11(10)17-15(19)14-8-22-12-3-1-2-4-13(12)23-14/h1-7,14H,8H2,(H,17,19)/t14-/m0/s1. The van der Waals surface area contributed by atoms with Crippen molar-refractivity contribution >= 4 is 28.9 Å². The van der Waals surface area contributed by atoms with Crippen molar-refractivity contribution in [3.63, 3.8) is 0 Å². The van der Waals surface area contributed by atoms with Crippen LogP contribution in [0.5, 0.6) is 11.5 Å². The van der Waals surface area contributed by atoms with Crippen molar-refractivity contribution in [1.82, 2.24) is 0 Å². The molecule has 8 heteroatoms. The molecule has 1 amide bonds. The first-order valence-corrected chi connectivity index (χ1v) is 7.05. The minimum Gasteiger partial charge on any atom is -0.485 e. The highest BCUT2D eigenvalue weighted by Gasteiger charge is 2.28. The number of nitrogens with one attached hydrogen (secondary N) is 1. The number of rotatable bonds is 3. The topological polar surface area (TPSA) is 90.7 Å². The summed E-state index contributed by atoms with van der Waals surface area (Å²) in [5.74, 6) is 0.524. The van der Waals surface area contributed by atoms with E-state index in [4.69, 9.17) is 21.1 Å². The van der Waals surface area contributed by atoms with Crippen LogP contribution < -0.4 is 14.8 Å². The van der Waals surface area contributed by atoms with E-state index in [2.05, 4.69) is 5.32 Å². The van der Waals surface area contributed by atoms with Crippen molar-refractivity contribution in [2.45, 2.75) is 6.10 Å². The number of non-ortho nitro benzene ring substituents is 1. The number of hydrogen-bond acceptors (Lipinski definition) is 5. The molecule has 118 valence electrons. The summed E-state index contributed by atoms with van der Waals surface area (Å²) in [5, 5.41) is 13.5. The predicted molar refractivity (Wildman–Crippen MR) is 83.1 cm³/mol. The van der Waals surface area contributed by atoms with E-state index in [-0.39, 0.29) is 23.0 Å². The highest BCUT2D eigenvalue weighted by molar-refractivity contribution is 6.33. The highest BCUT2D eigenvalue weighted by Crippen LogP contribution is 2.32. The smallest absolute Gasteiger partial charge is 0.271 e. The van der Waals surface area contributed by atoms with Gasteiger partial charge in [0, 0.05) is 12.1 Å². The largest absolute Gasteiger partial charge is 0.485 e. The molecule has 0 aromatic heterocycles. The Labute approximate surface area is 135 Å². The SMILES string of the molecule is O=C(Nc1cc([N+](=O)[O-])ccc1Cl)[C@@H]1COc2ccccc2O1. The van der Waals surface area contributed by atoms with Crippen LogP contribution in [0.2, 0.25) is 5.02 Å². The molecule has 23 heavy (non-hydrogen) atoms. The predicted octanol–water partition coefficient (Wildman–Crippen LogP) is 3.03. The zero-order valence-electron chi connectivity index (χ0n) is 11.7. The molecular formula is C15H11ClN2O5. The molecule has 0 spiro atoms. The van der Waals surface area contributed by atoms with Crippen LogP contribution in [0.4, 0.5) is 11.4 Å². The lowest BCUT2D eigenvalue weighted by atomic mass is 10.2. The van der Waals surface area contributed by atoms with Crippen LogP contribution in [0, 0.1) is 10.1 Å². The maximum Gasteiger partial charge on any atom is 0.271 e. The molecule has 0 saturated heterocycles. The Morgan fingerprint density at radius 3 is 2.74 bits per heavy atom. The average Bonchev–Trinajstić information content (AvgIpc) is 2.56. The Balaban J connectivity index is 1.75. The summed E-state index contributed by atoms with van der Waals surface area (Å²) in [7, 11) is 0. The van der Waals surface area contributed by atoms with Gasteiger partial charge in [0.25, 0.3) is 11.6 Å². The van der Waals surface area contributed by atoms with Crippen LogP contribution >= 0.6 is 11.6 Å². The number of amides is 1. The molecule has 3 rings (SSSR count). The molecular weight excluding hydrogens is 324 g/mol. The summed E-state index contributed by atoms with van der Waals surface area (Å²) >= 11 is 5.96. The molecule has 1 heterocycles. The lowest BCUT2D eigenvalue weighted by Gasteiger charge is -2.25. The molecule has 0 aliphatic carbocycles. The van der Waals surface area contributed by atoms with Crippen molar-refractivity contribution in [3.8, 4) is 11.5 Å². The number of anilines is 1. The number of fused-ring (bicyclic) bond motifs is 1. The lowest BCUT2D eigenvalue weighted by molar-refractivity contribution is -0.384.